The Bertz CT molecular complexity index is 140. The lowest BCUT2D eigenvalue weighted by molar-refractivity contribution is -0.124. The smallest absolute Gasteiger partial charge is 0.222 e. The van der Waals surface area contributed by atoms with Crippen LogP contribution in [-0.2, 0) is 9.53 Å². The Kier molecular flexibility index (Phi) is 6.59. The summed E-state index contributed by atoms with van der Waals surface area (Å²) in [6.07, 6.45) is 0.957. The molecule has 1 unspecified atom stereocenters. The van der Waals surface area contributed by atoms with E-state index in [9.17, 15) is 4.79 Å². The molecule has 0 aliphatic carbocycles. The van der Waals surface area contributed by atoms with E-state index in [0.29, 0.717) is 6.61 Å². The zero-order valence-electron chi connectivity index (χ0n) is 9.09. The van der Waals surface area contributed by atoms with Crippen LogP contribution in [0.2, 0.25) is 0 Å². The van der Waals surface area contributed by atoms with E-state index in [4.69, 9.17) is 4.74 Å². The van der Waals surface area contributed by atoms with Gasteiger partial charge in [-0.25, -0.2) is 0 Å². The molecule has 1 atom stereocenters. The lowest BCUT2D eigenvalue weighted by atomic mass is 10.2. The van der Waals surface area contributed by atoms with Crippen LogP contribution in [0.4, 0.5) is 0 Å². The number of hydrogen-bond donors (Lipinski definition) is 1. The molecule has 0 aromatic carbocycles. The van der Waals surface area contributed by atoms with Crippen LogP contribution in [0, 0.1) is 5.92 Å². The zero-order valence-corrected chi connectivity index (χ0v) is 9.09. The second-order valence-electron chi connectivity index (χ2n) is 3.22. The lowest BCUT2D eigenvalue weighted by Gasteiger charge is -2.11. The van der Waals surface area contributed by atoms with Crippen molar-refractivity contribution >= 4 is 5.91 Å². The SMILES string of the molecule is CC.CC(C)C(=O)NC1CCOC1. The largest absolute Gasteiger partial charge is 0.379 e. The molecule has 0 spiro atoms. The summed E-state index contributed by atoms with van der Waals surface area (Å²) in [5.41, 5.74) is 0. The van der Waals surface area contributed by atoms with Crippen molar-refractivity contribution in [2.75, 3.05) is 13.2 Å². The van der Waals surface area contributed by atoms with Gasteiger partial charge >= 0.3 is 0 Å². The van der Waals surface area contributed by atoms with Gasteiger partial charge in [-0.15, -0.1) is 0 Å². The first-order chi connectivity index (χ1) is 6.20. The summed E-state index contributed by atoms with van der Waals surface area (Å²) in [5.74, 6) is 0.205. The normalized spacial score (nSPS) is 20.8. The molecule has 0 aromatic rings. The van der Waals surface area contributed by atoms with Crippen molar-refractivity contribution < 1.29 is 9.53 Å². The number of amides is 1. The van der Waals surface area contributed by atoms with Crippen molar-refractivity contribution in [1.82, 2.24) is 5.32 Å². The van der Waals surface area contributed by atoms with Crippen LogP contribution in [0.3, 0.4) is 0 Å². The first-order valence-corrected chi connectivity index (χ1v) is 5.08. The molecule has 1 aliphatic rings. The van der Waals surface area contributed by atoms with Gasteiger partial charge in [0.05, 0.1) is 12.6 Å². The zero-order chi connectivity index (χ0) is 10.3. The number of carbonyl (C=O) groups is 1. The minimum atomic E-state index is 0.0793. The standard InChI is InChI=1S/C8H15NO2.C2H6/c1-6(2)8(10)9-7-3-4-11-5-7;1-2/h6-7H,3-5H2,1-2H3,(H,9,10);1-2H3. The van der Waals surface area contributed by atoms with Crippen LogP contribution in [0.15, 0.2) is 0 Å². The second kappa shape index (κ2) is 6.89. The van der Waals surface area contributed by atoms with Crippen molar-refractivity contribution in [3.8, 4) is 0 Å². The van der Waals surface area contributed by atoms with Gasteiger partial charge in [0.1, 0.15) is 0 Å². The molecule has 3 heteroatoms. The van der Waals surface area contributed by atoms with Crippen molar-refractivity contribution in [1.29, 1.82) is 0 Å². The minimum Gasteiger partial charge on any atom is -0.379 e. The molecular formula is C10H21NO2. The molecule has 0 aromatic heterocycles. The van der Waals surface area contributed by atoms with Gasteiger partial charge in [-0.1, -0.05) is 27.7 Å². The summed E-state index contributed by atoms with van der Waals surface area (Å²) < 4.78 is 5.12. The molecule has 1 N–H and O–H groups in total. The van der Waals surface area contributed by atoms with Crippen LogP contribution >= 0.6 is 0 Å². The Labute approximate surface area is 80.8 Å². The second-order valence-corrected chi connectivity index (χ2v) is 3.22. The molecule has 13 heavy (non-hydrogen) atoms. The topological polar surface area (TPSA) is 38.3 Å². The van der Waals surface area contributed by atoms with Gasteiger partial charge in [0.25, 0.3) is 0 Å². The number of nitrogens with one attached hydrogen (secondary N) is 1. The quantitative estimate of drug-likeness (QED) is 0.712. The summed E-state index contributed by atoms with van der Waals surface area (Å²) in [5, 5.41) is 2.91. The number of rotatable bonds is 2. The number of ether oxygens (including phenoxy) is 1. The Hall–Kier alpha value is -0.570. The maximum atomic E-state index is 11.1. The Morgan fingerprint density at radius 3 is 2.46 bits per heavy atom. The predicted molar refractivity (Wildman–Crippen MR) is 53.6 cm³/mol. The molecule has 1 saturated heterocycles. The minimum absolute atomic E-state index is 0.0793. The van der Waals surface area contributed by atoms with Gasteiger partial charge in [-0.2, -0.15) is 0 Å². The fraction of sp³-hybridized carbons (Fsp3) is 0.900. The summed E-state index contributed by atoms with van der Waals surface area (Å²) in [7, 11) is 0. The van der Waals surface area contributed by atoms with Crippen molar-refractivity contribution in [3.63, 3.8) is 0 Å². The number of carbonyl (C=O) groups excluding carboxylic acids is 1. The van der Waals surface area contributed by atoms with Crippen LogP contribution in [-0.4, -0.2) is 25.2 Å². The fourth-order valence-corrected chi connectivity index (χ4v) is 1.02. The lowest BCUT2D eigenvalue weighted by Crippen LogP contribution is -2.37. The molecule has 1 aliphatic heterocycles. The Morgan fingerprint density at radius 2 is 2.08 bits per heavy atom. The van der Waals surface area contributed by atoms with E-state index in [1.165, 1.54) is 0 Å². The molecule has 1 amide bonds. The summed E-state index contributed by atoms with van der Waals surface area (Å²) >= 11 is 0. The Balaban J connectivity index is 0.000000671. The monoisotopic (exact) mass is 187 g/mol. The molecule has 0 saturated carbocycles. The van der Waals surface area contributed by atoms with Crippen molar-refractivity contribution in [2.24, 2.45) is 5.92 Å². The van der Waals surface area contributed by atoms with E-state index in [1.54, 1.807) is 0 Å². The van der Waals surface area contributed by atoms with Gasteiger partial charge in [0.2, 0.25) is 5.91 Å². The van der Waals surface area contributed by atoms with Gasteiger partial charge in [-0.05, 0) is 6.42 Å². The first-order valence-electron chi connectivity index (χ1n) is 5.08. The third kappa shape index (κ3) is 4.88. The maximum Gasteiger partial charge on any atom is 0.222 e. The van der Waals surface area contributed by atoms with Gasteiger partial charge in [0.15, 0.2) is 0 Å². The molecular weight excluding hydrogens is 166 g/mol. The average molecular weight is 187 g/mol. The third-order valence-corrected chi connectivity index (χ3v) is 1.80. The summed E-state index contributed by atoms with van der Waals surface area (Å²) in [4.78, 5) is 11.1. The van der Waals surface area contributed by atoms with Crippen LogP contribution < -0.4 is 5.32 Å². The highest BCUT2D eigenvalue weighted by Crippen LogP contribution is 2.04. The molecule has 3 nitrogen and oxygen atoms in total. The van der Waals surface area contributed by atoms with E-state index in [0.717, 1.165) is 13.0 Å². The highest BCUT2D eigenvalue weighted by molar-refractivity contribution is 5.78. The van der Waals surface area contributed by atoms with Crippen molar-refractivity contribution in [2.45, 2.75) is 40.2 Å². The van der Waals surface area contributed by atoms with Gasteiger partial charge in [0, 0.05) is 12.5 Å². The Morgan fingerprint density at radius 1 is 1.46 bits per heavy atom. The summed E-state index contributed by atoms with van der Waals surface area (Å²) in [6.45, 7) is 9.25. The molecule has 1 fully saturated rings. The van der Waals surface area contributed by atoms with E-state index in [1.807, 2.05) is 27.7 Å². The molecule has 1 heterocycles. The highest BCUT2D eigenvalue weighted by atomic mass is 16.5. The first kappa shape index (κ1) is 12.4. The van der Waals surface area contributed by atoms with Crippen LogP contribution in [0.1, 0.15) is 34.1 Å². The highest BCUT2D eigenvalue weighted by Gasteiger charge is 2.18. The summed E-state index contributed by atoms with van der Waals surface area (Å²) in [6, 6.07) is 0.255. The van der Waals surface area contributed by atoms with E-state index in [-0.39, 0.29) is 17.9 Å². The molecule has 0 radical (unpaired) electrons. The van der Waals surface area contributed by atoms with Crippen LogP contribution in [0.5, 0.6) is 0 Å². The average Bonchev–Trinajstić information content (AvgIpc) is 2.60. The molecule has 1 rings (SSSR count). The molecule has 0 bridgehead atoms. The maximum absolute atomic E-state index is 11.1. The van der Waals surface area contributed by atoms with Gasteiger partial charge < -0.3 is 10.1 Å². The number of hydrogen-bond acceptors (Lipinski definition) is 2. The van der Waals surface area contributed by atoms with E-state index in [2.05, 4.69) is 5.32 Å². The van der Waals surface area contributed by atoms with Crippen LogP contribution in [0.25, 0.3) is 0 Å². The third-order valence-electron chi connectivity index (χ3n) is 1.80. The van der Waals surface area contributed by atoms with E-state index < -0.39 is 0 Å². The van der Waals surface area contributed by atoms with Gasteiger partial charge in [-0.3, -0.25) is 4.79 Å². The predicted octanol–water partition coefficient (Wildman–Crippen LogP) is 1.57. The fourth-order valence-electron chi connectivity index (χ4n) is 1.02. The van der Waals surface area contributed by atoms with Crippen molar-refractivity contribution in [3.05, 3.63) is 0 Å². The molecule has 78 valence electrons. The van der Waals surface area contributed by atoms with E-state index >= 15 is 0 Å².